The predicted octanol–water partition coefficient (Wildman–Crippen LogP) is 3.39. The van der Waals surface area contributed by atoms with E-state index in [1.54, 1.807) is 0 Å². The molecule has 0 saturated heterocycles. The lowest BCUT2D eigenvalue weighted by Gasteiger charge is -2.01. The Morgan fingerprint density at radius 2 is 1.93 bits per heavy atom. The molecule has 0 aliphatic rings. The van der Waals surface area contributed by atoms with Gasteiger partial charge in [0, 0.05) is 10.9 Å². The van der Waals surface area contributed by atoms with Crippen LogP contribution in [0, 0.1) is 0 Å². The molecule has 3 N–H and O–H groups in total. The molecule has 2 aromatic heterocycles. The zero-order chi connectivity index (χ0) is 18.8. The van der Waals surface area contributed by atoms with Crippen LogP contribution in [0.15, 0.2) is 47.8 Å². The number of H-pyrrole nitrogens is 1. The number of aromatic amines is 1. The zero-order valence-corrected chi connectivity index (χ0v) is 14.4. The van der Waals surface area contributed by atoms with Crippen LogP contribution < -0.4 is 10.1 Å². The summed E-state index contributed by atoms with van der Waals surface area (Å²) in [6.45, 7) is 0. The number of carbonyl (C=O) groups excluding carboxylic acids is 1. The second kappa shape index (κ2) is 6.84. The number of nitrogens with zero attached hydrogens (tertiary/aromatic N) is 3. The zero-order valence-electron chi connectivity index (χ0n) is 13.5. The topological polar surface area (TPSA) is 130 Å². The molecule has 0 unspecified atom stereocenters. The molecule has 27 heavy (non-hydrogen) atoms. The first kappa shape index (κ1) is 16.7. The average molecular weight is 381 g/mol. The highest BCUT2D eigenvalue weighted by atomic mass is 32.1. The highest BCUT2D eigenvalue weighted by Gasteiger charge is 2.21. The second-order valence-corrected chi connectivity index (χ2v) is 6.26. The van der Waals surface area contributed by atoms with Crippen LogP contribution in [0.2, 0.25) is 0 Å². The molecule has 10 heteroatoms. The molecule has 0 bridgehead atoms. The van der Waals surface area contributed by atoms with E-state index in [4.69, 9.17) is 5.11 Å². The van der Waals surface area contributed by atoms with Crippen molar-refractivity contribution in [2.24, 2.45) is 0 Å². The molecule has 9 nitrogen and oxygen atoms in total. The first-order chi connectivity index (χ1) is 13.1. The Bertz CT molecular complexity index is 1150. The largest absolute Gasteiger partial charge is 0.512 e. The van der Waals surface area contributed by atoms with Crippen molar-refractivity contribution < 1.29 is 19.4 Å². The molecule has 0 radical (unpaired) electrons. The molecule has 1 amide bonds. The van der Waals surface area contributed by atoms with Gasteiger partial charge in [0.05, 0.1) is 5.69 Å². The fourth-order valence-corrected chi connectivity index (χ4v) is 3.21. The molecular formula is C17H11N5O4S. The van der Waals surface area contributed by atoms with Crippen LogP contribution in [-0.4, -0.2) is 37.6 Å². The van der Waals surface area contributed by atoms with Gasteiger partial charge in [-0.3, -0.25) is 10.1 Å². The van der Waals surface area contributed by atoms with Gasteiger partial charge in [-0.05, 0) is 16.8 Å². The van der Waals surface area contributed by atoms with Crippen molar-refractivity contribution in [2.45, 2.75) is 0 Å². The summed E-state index contributed by atoms with van der Waals surface area (Å²) >= 11 is 1.24. The SMILES string of the molecule is O=C(O)Oc1n[nH]nc1C(=O)Nc1nc(-c2ccc3ccccc3c2)cs1. The lowest BCUT2D eigenvalue weighted by Crippen LogP contribution is -2.15. The molecule has 134 valence electrons. The van der Waals surface area contributed by atoms with Crippen molar-refractivity contribution in [1.82, 2.24) is 20.4 Å². The minimum atomic E-state index is -1.59. The molecule has 2 aromatic carbocycles. The maximum absolute atomic E-state index is 12.3. The minimum Gasteiger partial charge on any atom is -0.449 e. The lowest BCUT2D eigenvalue weighted by atomic mass is 10.1. The van der Waals surface area contributed by atoms with E-state index in [2.05, 4.69) is 30.4 Å². The van der Waals surface area contributed by atoms with Crippen LogP contribution in [0.1, 0.15) is 10.5 Å². The number of carboxylic acid groups (broad SMARTS) is 1. The Labute approximate surface area is 155 Å². The van der Waals surface area contributed by atoms with E-state index in [1.807, 2.05) is 47.8 Å². The summed E-state index contributed by atoms with van der Waals surface area (Å²) in [6, 6.07) is 14.0. The fraction of sp³-hybridized carbons (Fsp3) is 0. The summed E-state index contributed by atoms with van der Waals surface area (Å²) in [5.74, 6) is -1.11. The third-order valence-corrected chi connectivity index (χ3v) is 4.44. The standard InChI is InChI=1S/C17H11N5O4S/c23-14(13-15(21-22-20-13)26-17(24)25)19-16-18-12(8-27-16)11-6-5-9-3-1-2-4-10(9)7-11/h1-8H,(H,24,25)(H,18,19,23)(H,20,21,22). The lowest BCUT2D eigenvalue weighted by molar-refractivity contribution is 0.101. The minimum absolute atomic E-state index is 0.278. The summed E-state index contributed by atoms with van der Waals surface area (Å²) in [4.78, 5) is 27.3. The van der Waals surface area contributed by atoms with Crippen molar-refractivity contribution in [1.29, 1.82) is 0 Å². The van der Waals surface area contributed by atoms with Gasteiger partial charge in [-0.25, -0.2) is 9.78 Å². The number of ether oxygens (including phenoxy) is 1. The number of amides is 1. The first-order valence-electron chi connectivity index (χ1n) is 7.68. The molecule has 4 aromatic rings. The van der Waals surface area contributed by atoms with Crippen molar-refractivity contribution in [3.63, 3.8) is 0 Å². The number of rotatable bonds is 4. The van der Waals surface area contributed by atoms with E-state index in [0.717, 1.165) is 16.3 Å². The number of hydrogen-bond acceptors (Lipinski definition) is 7. The van der Waals surface area contributed by atoms with E-state index in [1.165, 1.54) is 11.3 Å². The molecule has 2 heterocycles. The van der Waals surface area contributed by atoms with Crippen LogP contribution in [0.4, 0.5) is 9.93 Å². The Balaban J connectivity index is 1.55. The Morgan fingerprint density at radius 1 is 1.11 bits per heavy atom. The average Bonchev–Trinajstić information content (AvgIpc) is 3.30. The van der Waals surface area contributed by atoms with Gasteiger partial charge in [0.25, 0.3) is 11.8 Å². The monoisotopic (exact) mass is 381 g/mol. The van der Waals surface area contributed by atoms with Crippen LogP contribution in [-0.2, 0) is 0 Å². The predicted molar refractivity (Wildman–Crippen MR) is 98.0 cm³/mol. The highest BCUT2D eigenvalue weighted by Crippen LogP contribution is 2.28. The molecule has 4 rings (SSSR count). The van der Waals surface area contributed by atoms with Crippen molar-refractivity contribution in [3.8, 4) is 17.1 Å². The van der Waals surface area contributed by atoms with Gasteiger partial charge in [-0.1, -0.05) is 36.4 Å². The maximum Gasteiger partial charge on any atom is 0.512 e. The quantitative estimate of drug-likeness (QED) is 0.462. The van der Waals surface area contributed by atoms with Gasteiger partial charge >= 0.3 is 6.16 Å². The number of benzene rings is 2. The van der Waals surface area contributed by atoms with Crippen molar-refractivity contribution in [2.75, 3.05) is 5.32 Å². The van der Waals surface area contributed by atoms with Crippen LogP contribution >= 0.6 is 11.3 Å². The van der Waals surface area contributed by atoms with E-state index >= 15 is 0 Å². The molecule has 0 atom stereocenters. The van der Waals surface area contributed by atoms with Gasteiger partial charge in [0.15, 0.2) is 5.13 Å². The summed E-state index contributed by atoms with van der Waals surface area (Å²) in [5, 5.41) is 24.8. The second-order valence-electron chi connectivity index (χ2n) is 5.40. The number of hydrogen-bond donors (Lipinski definition) is 3. The third-order valence-electron chi connectivity index (χ3n) is 3.68. The van der Waals surface area contributed by atoms with Gasteiger partial charge in [-0.15, -0.1) is 21.5 Å². The molecule has 0 fully saturated rings. The number of carbonyl (C=O) groups is 2. The molecular weight excluding hydrogens is 370 g/mol. The summed E-state index contributed by atoms with van der Waals surface area (Å²) < 4.78 is 4.39. The van der Waals surface area contributed by atoms with Gasteiger partial charge in [0.2, 0.25) is 5.69 Å². The highest BCUT2D eigenvalue weighted by molar-refractivity contribution is 7.14. The van der Waals surface area contributed by atoms with E-state index in [9.17, 15) is 9.59 Å². The van der Waals surface area contributed by atoms with Crippen LogP contribution in [0.3, 0.4) is 0 Å². The molecule has 0 saturated carbocycles. The van der Waals surface area contributed by atoms with Crippen LogP contribution in [0.25, 0.3) is 22.0 Å². The number of nitrogens with one attached hydrogen (secondary N) is 2. The summed E-state index contributed by atoms with van der Waals surface area (Å²) in [5.41, 5.74) is 1.35. The van der Waals surface area contributed by atoms with Crippen LogP contribution in [0.5, 0.6) is 5.88 Å². The smallest absolute Gasteiger partial charge is 0.449 e. The Hall–Kier alpha value is -3.79. The molecule has 0 aliphatic carbocycles. The van der Waals surface area contributed by atoms with Gasteiger partial charge in [0.1, 0.15) is 0 Å². The Kier molecular flexibility index (Phi) is 4.22. The number of anilines is 1. The van der Waals surface area contributed by atoms with E-state index in [0.29, 0.717) is 10.8 Å². The van der Waals surface area contributed by atoms with Gasteiger partial charge < -0.3 is 9.84 Å². The fourth-order valence-electron chi connectivity index (χ4n) is 2.49. The van der Waals surface area contributed by atoms with Crippen molar-refractivity contribution in [3.05, 3.63) is 53.5 Å². The van der Waals surface area contributed by atoms with Crippen molar-refractivity contribution >= 4 is 39.3 Å². The number of thiazole rings is 1. The summed E-state index contributed by atoms with van der Waals surface area (Å²) in [7, 11) is 0. The molecule has 0 spiro atoms. The Morgan fingerprint density at radius 3 is 2.74 bits per heavy atom. The number of aromatic nitrogens is 4. The molecule has 0 aliphatic heterocycles. The van der Waals surface area contributed by atoms with Gasteiger partial charge in [-0.2, -0.15) is 5.21 Å². The first-order valence-corrected chi connectivity index (χ1v) is 8.56. The third kappa shape index (κ3) is 3.46. The normalized spacial score (nSPS) is 10.7. The van der Waals surface area contributed by atoms with E-state index in [-0.39, 0.29) is 5.69 Å². The maximum atomic E-state index is 12.3. The number of fused-ring (bicyclic) bond motifs is 1. The summed E-state index contributed by atoms with van der Waals surface area (Å²) in [6.07, 6.45) is -1.59. The van der Waals surface area contributed by atoms with E-state index < -0.39 is 17.9 Å².